The zero-order chi connectivity index (χ0) is 13.7. The minimum absolute atomic E-state index is 0.266. The molecular weight excluding hydrogens is 322 g/mol. The molecule has 0 radical (unpaired) electrons. The van der Waals surface area contributed by atoms with Crippen molar-refractivity contribution in [1.82, 2.24) is 0 Å². The lowest BCUT2D eigenvalue weighted by atomic mass is 10.2. The fourth-order valence-electron chi connectivity index (χ4n) is 1.79. The fraction of sp³-hybridized carbons (Fsp3) is 0.333. The van der Waals surface area contributed by atoms with Gasteiger partial charge in [0, 0.05) is 4.88 Å². The number of thiophene rings is 1. The third-order valence-corrected chi connectivity index (χ3v) is 4.55. The average molecular weight is 340 g/mol. The highest BCUT2D eigenvalue weighted by atomic mass is 79.9. The quantitative estimate of drug-likeness (QED) is 0.753. The molecule has 1 unspecified atom stereocenters. The van der Waals surface area contributed by atoms with Crippen LogP contribution in [0.2, 0.25) is 0 Å². The van der Waals surface area contributed by atoms with Crippen LogP contribution < -0.4 is 10.1 Å². The molecule has 4 heteroatoms. The number of benzene rings is 1. The van der Waals surface area contributed by atoms with Crippen molar-refractivity contribution in [3.05, 3.63) is 45.1 Å². The van der Waals surface area contributed by atoms with E-state index < -0.39 is 0 Å². The molecule has 0 saturated heterocycles. The number of hydrogen-bond acceptors (Lipinski definition) is 3. The van der Waals surface area contributed by atoms with Crippen LogP contribution in [-0.4, -0.2) is 6.61 Å². The summed E-state index contributed by atoms with van der Waals surface area (Å²) < 4.78 is 6.92. The Morgan fingerprint density at radius 1 is 1.26 bits per heavy atom. The molecule has 2 aromatic rings. The summed E-state index contributed by atoms with van der Waals surface area (Å²) in [7, 11) is 0. The molecule has 0 saturated carbocycles. The summed E-state index contributed by atoms with van der Waals surface area (Å²) >= 11 is 5.25. The number of anilines is 1. The molecule has 1 atom stereocenters. The molecule has 2 nitrogen and oxygen atoms in total. The topological polar surface area (TPSA) is 21.3 Å². The van der Waals surface area contributed by atoms with Crippen molar-refractivity contribution in [2.75, 3.05) is 11.9 Å². The zero-order valence-corrected chi connectivity index (χ0v) is 13.6. The van der Waals surface area contributed by atoms with Gasteiger partial charge in [-0.25, -0.2) is 0 Å². The second kappa shape index (κ2) is 6.96. The predicted octanol–water partition coefficient (Wildman–Crippen LogP) is 5.47. The summed E-state index contributed by atoms with van der Waals surface area (Å²) in [6.07, 6.45) is 1.02. The molecule has 0 fully saturated rings. The van der Waals surface area contributed by atoms with E-state index in [0.717, 1.165) is 28.3 Å². The molecular formula is C15H18BrNOS. The Hall–Kier alpha value is -1.000. The number of hydrogen-bond donors (Lipinski definition) is 1. The van der Waals surface area contributed by atoms with Crippen LogP contribution in [0.15, 0.2) is 40.2 Å². The van der Waals surface area contributed by atoms with Gasteiger partial charge in [-0.1, -0.05) is 19.1 Å². The minimum Gasteiger partial charge on any atom is -0.491 e. The van der Waals surface area contributed by atoms with Gasteiger partial charge in [-0.2, -0.15) is 0 Å². The SMILES string of the molecule is CCCOc1ccccc1NC(C)c1ccc(Br)s1. The first-order valence-electron chi connectivity index (χ1n) is 6.44. The van der Waals surface area contributed by atoms with Crippen molar-refractivity contribution >= 4 is 33.0 Å². The van der Waals surface area contributed by atoms with Crippen LogP contribution in [-0.2, 0) is 0 Å². The van der Waals surface area contributed by atoms with Gasteiger partial charge in [-0.15, -0.1) is 11.3 Å². The smallest absolute Gasteiger partial charge is 0.142 e. The largest absolute Gasteiger partial charge is 0.491 e. The summed E-state index contributed by atoms with van der Waals surface area (Å²) in [5.41, 5.74) is 1.05. The van der Waals surface area contributed by atoms with Crippen molar-refractivity contribution in [2.24, 2.45) is 0 Å². The van der Waals surface area contributed by atoms with Crippen molar-refractivity contribution in [1.29, 1.82) is 0 Å². The molecule has 1 heterocycles. The van der Waals surface area contributed by atoms with E-state index in [9.17, 15) is 0 Å². The monoisotopic (exact) mass is 339 g/mol. The highest BCUT2D eigenvalue weighted by Gasteiger charge is 2.10. The molecule has 102 valence electrons. The van der Waals surface area contributed by atoms with Crippen LogP contribution in [0.1, 0.15) is 31.2 Å². The van der Waals surface area contributed by atoms with Gasteiger partial charge < -0.3 is 10.1 Å². The molecule has 0 bridgehead atoms. The van der Waals surface area contributed by atoms with Crippen LogP contribution in [0.3, 0.4) is 0 Å². The minimum atomic E-state index is 0.266. The van der Waals surface area contributed by atoms with Crippen LogP contribution in [0.25, 0.3) is 0 Å². The van der Waals surface area contributed by atoms with Gasteiger partial charge in [0.1, 0.15) is 5.75 Å². The second-order valence-corrected chi connectivity index (χ2v) is 6.85. The molecule has 0 aliphatic heterocycles. The number of ether oxygens (including phenoxy) is 1. The van der Waals surface area contributed by atoms with Crippen LogP contribution in [0, 0.1) is 0 Å². The van der Waals surface area contributed by atoms with E-state index in [0.29, 0.717) is 0 Å². The zero-order valence-electron chi connectivity index (χ0n) is 11.2. The Labute approximate surface area is 126 Å². The molecule has 1 aromatic carbocycles. The number of halogens is 1. The van der Waals surface area contributed by atoms with E-state index in [-0.39, 0.29) is 6.04 Å². The Morgan fingerprint density at radius 2 is 2.05 bits per heavy atom. The maximum Gasteiger partial charge on any atom is 0.142 e. The summed E-state index contributed by atoms with van der Waals surface area (Å²) in [5, 5.41) is 3.51. The van der Waals surface area contributed by atoms with Crippen LogP contribution in [0.5, 0.6) is 5.75 Å². The molecule has 0 spiro atoms. The first-order valence-corrected chi connectivity index (χ1v) is 8.05. The summed E-state index contributed by atoms with van der Waals surface area (Å²) in [5.74, 6) is 0.923. The van der Waals surface area contributed by atoms with Crippen molar-refractivity contribution < 1.29 is 4.74 Å². The van der Waals surface area contributed by atoms with Crippen LogP contribution in [0.4, 0.5) is 5.69 Å². The van der Waals surface area contributed by atoms with Gasteiger partial charge in [0.05, 0.1) is 22.1 Å². The molecule has 1 aromatic heterocycles. The fourth-order valence-corrected chi connectivity index (χ4v) is 3.22. The molecule has 19 heavy (non-hydrogen) atoms. The van der Waals surface area contributed by atoms with E-state index in [1.165, 1.54) is 4.88 Å². The summed E-state index contributed by atoms with van der Waals surface area (Å²) in [4.78, 5) is 1.30. The van der Waals surface area contributed by atoms with Crippen molar-refractivity contribution in [2.45, 2.75) is 26.3 Å². The standard InChI is InChI=1S/C15H18BrNOS/c1-3-10-18-13-7-5-4-6-12(13)17-11(2)14-8-9-15(16)19-14/h4-9,11,17H,3,10H2,1-2H3. The average Bonchev–Trinajstić information content (AvgIpc) is 2.84. The second-order valence-electron chi connectivity index (χ2n) is 4.35. The van der Waals surface area contributed by atoms with Gasteiger partial charge in [0.15, 0.2) is 0 Å². The van der Waals surface area contributed by atoms with Gasteiger partial charge in [0.25, 0.3) is 0 Å². The van der Waals surface area contributed by atoms with Gasteiger partial charge in [-0.05, 0) is 53.5 Å². The molecule has 2 rings (SSSR count). The van der Waals surface area contributed by atoms with Crippen molar-refractivity contribution in [3.8, 4) is 5.75 Å². The third-order valence-electron chi connectivity index (χ3n) is 2.74. The van der Waals surface area contributed by atoms with Crippen LogP contribution >= 0.6 is 27.3 Å². The highest BCUT2D eigenvalue weighted by molar-refractivity contribution is 9.11. The van der Waals surface area contributed by atoms with Gasteiger partial charge in [0.2, 0.25) is 0 Å². The molecule has 0 aliphatic carbocycles. The highest BCUT2D eigenvalue weighted by Crippen LogP contribution is 2.32. The first kappa shape index (κ1) is 14.4. The van der Waals surface area contributed by atoms with Crippen molar-refractivity contribution in [3.63, 3.8) is 0 Å². The summed E-state index contributed by atoms with van der Waals surface area (Å²) in [6.45, 7) is 5.02. The van der Waals surface area contributed by atoms with Gasteiger partial charge in [-0.3, -0.25) is 0 Å². The maximum atomic E-state index is 5.76. The molecule has 0 amide bonds. The Balaban J connectivity index is 2.09. The Kier molecular flexibility index (Phi) is 5.28. The van der Waals surface area contributed by atoms with E-state index in [1.54, 1.807) is 11.3 Å². The van der Waals surface area contributed by atoms with Gasteiger partial charge >= 0.3 is 0 Å². The number of nitrogens with one attached hydrogen (secondary N) is 1. The lowest BCUT2D eigenvalue weighted by Crippen LogP contribution is -2.07. The normalized spacial score (nSPS) is 12.2. The lowest BCUT2D eigenvalue weighted by molar-refractivity contribution is 0.318. The summed E-state index contributed by atoms with van der Waals surface area (Å²) in [6, 6.07) is 12.6. The first-order chi connectivity index (χ1) is 9.20. The third kappa shape index (κ3) is 3.98. The van der Waals surface area contributed by atoms with E-state index >= 15 is 0 Å². The van der Waals surface area contributed by atoms with E-state index in [2.05, 4.69) is 53.3 Å². The predicted molar refractivity (Wildman–Crippen MR) is 86.3 cm³/mol. The number of para-hydroxylation sites is 2. The Bertz CT molecular complexity index is 526. The molecule has 1 N–H and O–H groups in total. The lowest BCUT2D eigenvalue weighted by Gasteiger charge is -2.17. The maximum absolute atomic E-state index is 5.76. The number of rotatable bonds is 6. The Morgan fingerprint density at radius 3 is 2.74 bits per heavy atom. The van der Waals surface area contributed by atoms with E-state index in [4.69, 9.17) is 4.74 Å². The van der Waals surface area contributed by atoms with E-state index in [1.807, 2.05) is 18.2 Å². The molecule has 0 aliphatic rings.